The molecule has 0 aliphatic carbocycles. The van der Waals surface area contributed by atoms with Crippen LogP contribution in [0.2, 0.25) is 0 Å². The molecular formula is C14H18N4O. The minimum Gasteiger partial charge on any atom is -0.349 e. The van der Waals surface area contributed by atoms with Gasteiger partial charge in [0.1, 0.15) is 6.33 Å². The number of amides is 1. The smallest absolute Gasteiger partial charge is 0.290 e. The highest BCUT2D eigenvalue weighted by molar-refractivity contribution is 5.90. The standard InChI is InChI=1S/C14H18N4O/c1-11(2)8-9-15-14(19)13-16-10-18(17-13)12-6-4-3-5-7-12/h3-7,10-11H,8-9H2,1-2H3,(H,15,19). The van der Waals surface area contributed by atoms with Gasteiger partial charge in [-0.2, -0.15) is 0 Å². The molecule has 5 heteroatoms. The first-order valence-corrected chi connectivity index (χ1v) is 6.42. The summed E-state index contributed by atoms with van der Waals surface area (Å²) in [6.07, 6.45) is 2.50. The fourth-order valence-electron chi connectivity index (χ4n) is 1.63. The number of carbonyl (C=O) groups is 1. The molecule has 0 radical (unpaired) electrons. The van der Waals surface area contributed by atoms with E-state index in [9.17, 15) is 4.79 Å². The minimum absolute atomic E-state index is 0.201. The van der Waals surface area contributed by atoms with E-state index in [4.69, 9.17) is 0 Å². The van der Waals surface area contributed by atoms with Crippen LogP contribution in [-0.2, 0) is 0 Å². The molecule has 0 fully saturated rings. The van der Waals surface area contributed by atoms with Crippen LogP contribution in [0.5, 0.6) is 0 Å². The summed E-state index contributed by atoms with van der Waals surface area (Å²) in [5.41, 5.74) is 0.885. The average molecular weight is 258 g/mol. The Morgan fingerprint density at radius 2 is 2.05 bits per heavy atom. The third-order valence-corrected chi connectivity index (χ3v) is 2.72. The normalized spacial score (nSPS) is 10.7. The van der Waals surface area contributed by atoms with Gasteiger partial charge >= 0.3 is 0 Å². The Bertz CT molecular complexity index is 533. The van der Waals surface area contributed by atoms with E-state index in [2.05, 4.69) is 29.2 Å². The summed E-state index contributed by atoms with van der Waals surface area (Å²) in [7, 11) is 0. The molecule has 0 aliphatic heterocycles. The van der Waals surface area contributed by atoms with E-state index >= 15 is 0 Å². The Hall–Kier alpha value is -2.17. The number of nitrogens with zero attached hydrogens (tertiary/aromatic N) is 3. The van der Waals surface area contributed by atoms with E-state index in [0.717, 1.165) is 12.1 Å². The first-order chi connectivity index (χ1) is 9.16. The van der Waals surface area contributed by atoms with Crippen molar-refractivity contribution in [3.05, 3.63) is 42.5 Å². The van der Waals surface area contributed by atoms with Crippen LogP contribution in [-0.4, -0.2) is 27.2 Å². The third-order valence-electron chi connectivity index (χ3n) is 2.72. The molecule has 1 heterocycles. The van der Waals surface area contributed by atoms with Crippen LogP contribution in [0.4, 0.5) is 0 Å². The first-order valence-electron chi connectivity index (χ1n) is 6.42. The molecule has 5 nitrogen and oxygen atoms in total. The molecule has 0 bridgehead atoms. The first kappa shape index (κ1) is 13.3. The van der Waals surface area contributed by atoms with Gasteiger partial charge < -0.3 is 5.32 Å². The second-order valence-electron chi connectivity index (χ2n) is 4.79. The van der Waals surface area contributed by atoms with Crippen LogP contribution in [0.1, 0.15) is 30.9 Å². The number of nitrogens with one attached hydrogen (secondary N) is 1. The van der Waals surface area contributed by atoms with Gasteiger partial charge in [0.15, 0.2) is 0 Å². The number of para-hydroxylation sites is 1. The molecule has 100 valence electrons. The lowest BCUT2D eigenvalue weighted by Gasteiger charge is -2.04. The molecular weight excluding hydrogens is 240 g/mol. The maximum atomic E-state index is 11.8. The van der Waals surface area contributed by atoms with Crippen LogP contribution >= 0.6 is 0 Å². The van der Waals surface area contributed by atoms with Crippen molar-refractivity contribution in [2.45, 2.75) is 20.3 Å². The van der Waals surface area contributed by atoms with E-state index in [0.29, 0.717) is 12.5 Å². The monoisotopic (exact) mass is 258 g/mol. The number of aromatic nitrogens is 3. The Labute approximate surface area is 112 Å². The second-order valence-corrected chi connectivity index (χ2v) is 4.79. The highest BCUT2D eigenvalue weighted by atomic mass is 16.2. The molecule has 0 spiro atoms. The molecule has 0 saturated carbocycles. The molecule has 2 rings (SSSR count). The van der Waals surface area contributed by atoms with Crippen molar-refractivity contribution in [3.63, 3.8) is 0 Å². The van der Waals surface area contributed by atoms with E-state index in [1.165, 1.54) is 0 Å². The Morgan fingerprint density at radius 1 is 1.32 bits per heavy atom. The van der Waals surface area contributed by atoms with Crippen LogP contribution in [0.3, 0.4) is 0 Å². The molecule has 1 amide bonds. The Morgan fingerprint density at radius 3 is 2.74 bits per heavy atom. The van der Waals surface area contributed by atoms with Gasteiger partial charge in [-0.05, 0) is 24.5 Å². The number of hydrogen-bond donors (Lipinski definition) is 1. The summed E-state index contributed by atoms with van der Waals surface area (Å²) in [5.74, 6) is 0.540. The summed E-state index contributed by atoms with van der Waals surface area (Å²) >= 11 is 0. The predicted molar refractivity (Wildman–Crippen MR) is 73.1 cm³/mol. The molecule has 0 saturated heterocycles. The van der Waals surface area contributed by atoms with E-state index in [1.54, 1.807) is 11.0 Å². The van der Waals surface area contributed by atoms with Crippen LogP contribution in [0.15, 0.2) is 36.7 Å². The topological polar surface area (TPSA) is 59.8 Å². The molecule has 2 aromatic rings. The van der Waals surface area contributed by atoms with Gasteiger partial charge in [-0.3, -0.25) is 4.79 Å². The van der Waals surface area contributed by atoms with E-state index < -0.39 is 0 Å². The second kappa shape index (κ2) is 6.13. The van der Waals surface area contributed by atoms with E-state index in [-0.39, 0.29) is 11.7 Å². The van der Waals surface area contributed by atoms with Crippen molar-refractivity contribution >= 4 is 5.91 Å². The number of carbonyl (C=O) groups excluding carboxylic acids is 1. The molecule has 0 unspecified atom stereocenters. The van der Waals surface area contributed by atoms with Crippen molar-refractivity contribution in [2.24, 2.45) is 5.92 Å². The van der Waals surface area contributed by atoms with Crippen LogP contribution in [0.25, 0.3) is 5.69 Å². The van der Waals surface area contributed by atoms with Gasteiger partial charge in [0.2, 0.25) is 5.82 Å². The lowest BCUT2D eigenvalue weighted by Crippen LogP contribution is -2.26. The van der Waals surface area contributed by atoms with E-state index in [1.807, 2.05) is 30.3 Å². The lowest BCUT2D eigenvalue weighted by atomic mass is 10.1. The maximum Gasteiger partial charge on any atom is 0.290 e. The molecule has 0 atom stereocenters. The molecule has 1 aromatic heterocycles. The average Bonchev–Trinajstić information content (AvgIpc) is 2.89. The summed E-state index contributed by atoms with van der Waals surface area (Å²) < 4.78 is 1.59. The highest BCUT2D eigenvalue weighted by Crippen LogP contribution is 2.04. The lowest BCUT2D eigenvalue weighted by molar-refractivity contribution is 0.0941. The number of benzene rings is 1. The van der Waals surface area contributed by atoms with Gasteiger partial charge in [0, 0.05) is 6.54 Å². The summed E-state index contributed by atoms with van der Waals surface area (Å²) in [4.78, 5) is 15.9. The van der Waals surface area contributed by atoms with Gasteiger partial charge in [0.05, 0.1) is 5.69 Å². The van der Waals surface area contributed by atoms with Gasteiger partial charge in [-0.25, -0.2) is 9.67 Å². The quantitative estimate of drug-likeness (QED) is 0.892. The van der Waals surface area contributed by atoms with Gasteiger partial charge in [-0.1, -0.05) is 32.0 Å². The fraction of sp³-hybridized carbons (Fsp3) is 0.357. The maximum absolute atomic E-state index is 11.8. The summed E-state index contributed by atoms with van der Waals surface area (Å²) in [6.45, 7) is 4.89. The summed E-state index contributed by atoms with van der Waals surface area (Å²) in [6, 6.07) is 9.59. The summed E-state index contributed by atoms with van der Waals surface area (Å²) in [5, 5.41) is 6.99. The molecule has 0 aliphatic rings. The van der Waals surface area contributed by atoms with Crippen molar-refractivity contribution in [1.29, 1.82) is 0 Å². The third kappa shape index (κ3) is 3.64. The van der Waals surface area contributed by atoms with Gasteiger partial charge in [0.25, 0.3) is 5.91 Å². The number of rotatable bonds is 5. The fourth-order valence-corrected chi connectivity index (χ4v) is 1.63. The predicted octanol–water partition coefficient (Wildman–Crippen LogP) is 2.04. The molecule has 19 heavy (non-hydrogen) atoms. The zero-order chi connectivity index (χ0) is 13.7. The molecule has 1 N–H and O–H groups in total. The zero-order valence-corrected chi connectivity index (χ0v) is 11.2. The zero-order valence-electron chi connectivity index (χ0n) is 11.2. The van der Waals surface area contributed by atoms with Crippen molar-refractivity contribution in [2.75, 3.05) is 6.54 Å². The van der Waals surface area contributed by atoms with Gasteiger partial charge in [-0.15, -0.1) is 5.10 Å². The van der Waals surface area contributed by atoms with Crippen LogP contribution < -0.4 is 5.32 Å². The Balaban J connectivity index is 1.99. The minimum atomic E-state index is -0.227. The van der Waals surface area contributed by atoms with Crippen molar-refractivity contribution < 1.29 is 4.79 Å². The van der Waals surface area contributed by atoms with Crippen molar-refractivity contribution in [1.82, 2.24) is 20.1 Å². The SMILES string of the molecule is CC(C)CCNC(=O)c1ncn(-c2ccccc2)n1. The highest BCUT2D eigenvalue weighted by Gasteiger charge is 2.11. The number of hydrogen-bond acceptors (Lipinski definition) is 3. The van der Waals surface area contributed by atoms with Crippen LogP contribution in [0, 0.1) is 5.92 Å². The largest absolute Gasteiger partial charge is 0.349 e. The Kier molecular flexibility index (Phi) is 4.28. The molecule has 1 aromatic carbocycles. The van der Waals surface area contributed by atoms with Crippen molar-refractivity contribution in [3.8, 4) is 5.69 Å².